The Hall–Kier alpha value is -5.65. The van der Waals surface area contributed by atoms with Crippen LogP contribution >= 0.6 is 0 Å². The van der Waals surface area contributed by atoms with Crippen molar-refractivity contribution in [1.82, 2.24) is 15.2 Å². The standard InChI is InChI=1S/C34H34N4O8/c1-20-24(8-7-15-35-20)32(39)46-23-11-13-26(30(18-23)44-6)25-12-9-21-16-28(37(4)33(40)34(2,3)36-21)27(25)19-45-31-17-22(38(41)42)10-14-29(31)43-5/h7-15,17-18,36H,16,19H2,1-6H3. The number of nitrogens with one attached hydrogen (secondary N) is 1. The summed E-state index contributed by atoms with van der Waals surface area (Å²) < 4.78 is 23.1. The Morgan fingerprint density at radius 3 is 2.52 bits per heavy atom. The van der Waals surface area contributed by atoms with Crippen molar-refractivity contribution in [2.45, 2.75) is 32.7 Å². The van der Waals surface area contributed by atoms with E-state index in [2.05, 4.69) is 10.3 Å². The summed E-state index contributed by atoms with van der Waals surface area (Å²) in [7, 11) is 4.66. The summed E-state index contributed by atoms with van der Waals surface area (Å²) in [5, 5.41) is 14.9. The summed E-state index contributed by atoms with van der Waals surface area (Å²) in [6.07, 6.45) is 5.80. The van der Waals surface area contributed by atoms with Gasteiger partial charge in [-0.05, 0) is 62.8 Å². The van der Waals surface area contributed by atoms with E-state index in [-0.39, 0.29) is 29.7 Å². The zero-order valence-corrected chi connectivity index (χ0v) is 26.4. The minimum absolute atomic E-state index is 0.0714. The molecular weight excluding hydrogens is 592 g/mol. The van der Waals surface area contributed by atoms with Gasteiger partial charge in [-0.15, -0.1) is 0 Å². The van der Waals surface area contributed by atoms with Crippen LogP contribution in [0.5, 0.6) is 23.0 Å². The fourth-order valence-electron chi connectivity index (χ4n) is 5.46. The second-order valence-corrected chi connectivity index (χ2v) is 11.3. The molecule has 2 heterocycles. The zero-order valence-electron chi connectivity index (χ0n) is 26.4. The molecule has 0 unspecified atom stereocenters. The van der Waals surface area contributed by atoms with E-state index in [0.29, 0.717) is 51.6 Å². The molecule has 2 bridgehead atoms. The van der Waals surface area contributed by atoms with Gasteiger partial charge in [-0.2, -0.15) is 0 Å². The summed E-state index contributed by atoms with van der Waals surface area (Å²) in [5.41, 5.74) is 3.30. The number of pyridine rings is 1. The van der Waals surface area contributed by atoms with Crippen molar-refractivity contribution in [2.75, 3.05) is 27.9 Å². The molecule has 238 valence electrons. The van der Waals surface area contributed by atoms with E-state index in [1.807, 2.05) is 26.0 Å². The number of carbonyl (C=O) groups is 2. The van der Waals surface area contributed by atoms with Crippen molar-refractivity contribution >= 4 is 23.1 Å². The van der Waals surface area contributed by atoms with Gasteiger partial charge in [0.15, 0.2) is 11.5 Å². The first-order valence-electron chi connectivity index (χ1n) is 14.4. The monoisotopic (exact) mass is 626 g/mol. The molecule has 0 radical (unpaired) electrons. The number of methoxy groups -OCH3 is 2. The normalized spacial score (nSPS) is 15.5. The third kappa shape index (κ3) is 6.27. The number of ether oxygens (including phenoxy) is 4. The van der Waals surface area contributed by atoms with Crippen LogP contribution in [0.3, 0.4) is 0 Å². The van der Waals surface area contributed by atoms with Crippen LogP contribution < -0.4 is 24.3 Å². The number of nitrogens with zero attached hydrogens (tertiary/aromatic N) is 3. The summed E-state index contributed by atoms with van der Waals surface area (Å²) >= 11 is 0. The molecule has 2 aromatic carbocycles. The molecule has 1 saturated heterocycles. The van der Waals surface area contributed by atoms with E-state index in [9.17, 15) is 19.7 Å². The number of hydrogen-bond acceptors (Lipinski definition) is 10. The number of aromatic nitrogens is 1. The number of aryl methyl sites for hydroxylation is 1. The highest BCUT2D eigenvalue weighted by Gasteiger charge is 2.38. The third-order valence-electron chi connectivity index (χ3n) is 7.83. The summed E-state index contributed by atoms with van der Waals surface area (Å²) in [4.78, 5) is 43.2. The van der Waals surface area contributed by atoms with Crippen LogP contribution in [-0.2, 0) is 4.79 Å². The molecule has 2 aliphatic rings. The maximum absolute atomic E-state index is 13.6. The summed E-state index contributed by atoms with van der Waals surface area (Å²) in [6.45, 7) is 5.28. The second-order valence-electron chi connectivity index (χ2n) is 11.3. The fraction of sp³-hybridized carbons (Fsp3) is 0.265. The van der Waals surface area contributed by atoms with E-state index in [1.54, 1.807) is 55.4 Å². The molecule has 12 heteroatoms. The van der Waals surface area contributed by atoms with Crippen LogP contribution in [0.25, 0.3) is 5.57 Å². The van der Waals surface area contributed by atoms with Crippen molar-refractivity contribution in [2.24, 2.45) is 0 Å². The molecule has 1 aromatic heterocycles. The first-order valence-corrected chi connectivity index (χ1v) is 14.4. The number of non-ortho nitro benzene ring substituents is 1. The minimum Gasteiger partial charge on any atom is -0.496 e. The lowest BCUT2D eigenvalue weighted by Gasteiger charge is -2.29. The average molecular weight is 627 g/mol. The van der Waals surface area contributed by atoms with Crippen LogP contribution in [0.15, 0.2) is 83.8 Å². The highest BCUT2D eigenvalue weighted by atomic mass is 16.6. The number of amides is 1. The molecule has 0 spiro atoms. The number of nitro groups is 1. The van der Waals surface area contributed by atoms with Gasteiger partial charge < -0.3 is 29.2 Å². The van der Waals surface area contributed by atoms with Gasteiger partial charge in [-0.25, -0.2) is 4.79 Å². The molecule has 1 N–H and O–H groups in total. The molecule has 1 aliphatic carbocycles. The first kappa shape index (κ1) is 31.8. The van der Waals surface area contributed by atoms with Gasteiger partial charge in [0.25, 0.3) is 11.6 Å². The van der Waals surface area contributed by atoms with Crippen LogP contribution in [0.2, 0.25) is 0 Å². The number of allylic oxidation sites excluding steroid dienone is 2. The van der Waals surface area contributed by atoms with Gasteiger partial charge in [0, 0.05) is 54.3 Å². The Bertz CT molecular complexity index is 1830. The molecule has 3 aromatic rings. The molecule has 12 nitrogen and oxygen atoms in total. The average Bonchev–Trinajstić information content (AvgIpc) is 3.25. The number of carbonyl (C=O) groups excluding carboxylic acids is 2. The largest absolute Gasteiger partial charge is 0.496 e. The summed E-state index contributed by atoms with van der Waals surface area (Å²) in [5.74, 6) is 0.439. The lowest BCUT2D eigenvalue weighted by atomic mass is 9.94. The molecule has 0 atom stereocenters. The highest BCUT2D eigenvalue weighted by Crippen LogP contribution is 2.41. The minimum atomic E-state index is -0.876. The number of nitro benzene ring substituents is 1. The predicted octanol–water partition coefficient (Wildman–Crippen LogP) is 5.38. The van der Waals surface area contributed by atoms with E-state index in [0.717, 1.165) is 5.70 Å². The van der Waals surface area contributed by atoms with Gasteiger partial charge >= 0.3 is 5.97 Å². The second kappa shape index (κ2) is 12.8. The Kier molecular flexibility index (Phi) is 8.81. The SMILES string of the molecule is COc1ccc([N+](=O)[O-])cc1OCC1=C2CC(=CC=C1c1ccc(OC(=O)c3cccnc3C)cc1OC)NC(C)(C)C(=O)N2C. The number of fused-ring (bicyclic) bond motifs is 2. The number of esters is 1. The van der Waals surface area contributed by atoms with Gasteiger partial charge in [-0.3, -0.25) is 19.9 Å². The lowest BCUT2D eigenvalue weighted by Crippen LogP contribution is -2.50. The van der Waals surface area contributed by atoms with Crippen molar-refractivity contribution < 1.29 is 33.5 Å². The predicted molar refractivity (Wildman–Crippen MR) is 170 cm³/mol. The number of likely N-dealkylation sites (N-methyl/N-ethyl adjacent to an activating group) is 1. The smallest absolute Gasteiger partial charge is 0.345 e. The van der Waals surface area contributed by atoms with Crippen LogP contribution in [0.4, 0.5) is 5.69 Å². The Morgan fingerprint density at radius 1 is 1.07 bits per heavy atom. The van der Waals surface area contributed by atoms with Crippen LogP contribution in [-0.4, -0.2) is 60.1 Å². The van der Waals surface area contributed by atoms with E-state index >= 15 is 0 Å². The molecule has 1 fully saturated rings. The number of rotatable bonds is 9. The van der Waals surface area contributed by atoms with Gasteiger partial charge in [0.2, 0.25) is 0 Å². The first-order chi connectivity index (χ1) is 21.9. The van der Waals surface area contributed by atoms with Crippen LogP contribution in [0.1, 0.15) is 41.9 Å². The maximum atomic E-state index is 13.6. The van der Waals surface area contributed by atoms with E-state index in [4.69, 9.17) is 18.9 Å². The molecule has 1 aliphatic heterocycles. The Morgan fingerprint density at radius 2 is 1.83 bits per heavy atom. The molecule has 1 amide bonds. The van der Waals surface area contributed by atoms with Gasteiger partial charge in [-0.1, -0.05) is 6.08 Å². The van der Waals surface area contributed by atoms with Gasteiger partial charge in [0.05, 0.1) is 36.5 Å². The molecule has 0 saturated carbocycles. The number of benzene rings is 2. The quantitative estimate of drug-likeness (QED) is 0.142. The fourth-order valence-corrected chi connectivity index (χ4v) is 5.46. The molecule has 5 rings (SSSR count). The number of hydrogen-bond donors (Lipinski definition) is 1. The topological polar surface area (TPSA) is 142 Å². The van der Waals surface area contributed by atoms with E-state index < -0.39 is 16.4 Å². The van der Waals surface area contributed by atoms with Crippen molar-refractivity contribution in [3.8, 4) is 23.0 Å². The van der Waals surface area contributed by atoms with Crippen molar-refractivity contribution in [1.29, 1.82) is 0 Å². The Balaban J connectivity index is 1.59. The molecule has 46 heavy (non-hydrogen) atoms. The lowest BCUT2D eigenvalue weighted by molar-refractivity contribution is -0.385. The highest BCUT2D eigenvalue weighted by molar-refractivity contribution is 5.93. The maximum Gasteiger partial charge on any atom is 0.345 e. The third-order valence-corrected chi connectivity index (χ3v) is 7.83. The Labute approximate surface area is 266 Å². The molecular formula is C34H34N4O8. The van der Waals surface area contributed by atoms with Crippen LogP contribution in [0, 0.1) is 17.0 Å². The van der Waals surface area contributed by atoms with Crippen molar-refractivity contribution in [3.05, 3.63) is 111 Å². The van der Waals surface area contributed by atoms with Crippen molar-refractivity contribution in [3.63, 3.8) is 0 Å². The van der Waals surface area contributed by atoms with E-state index in [1.165, 1.54) is 32.4 Å². The van der Waals surface area contributed by atoms with Gasteiger partial charge in [0.1, 0.15) is 23.6 Å². The summed E-state index contributed by atoms with van der Waals surface area (Å²) in [6, 6.07) is 12.4. The zero-order chi connectivity index (χ0) is 33.2.